The summed E-state index contributed by atoms with van der Waals surface area (Å²) >= 11 is 0. The van der Waals surface area contributed by atoms with Crippen LogP contribution in [-0.4, -0.2) is 114 Å². The predicted octanol–water partition coefficient (Wildman–Crippen LogP) is -0.989. The second-order valence-corrected chi connectivity index (χ2v) is 9.77. The highest BCUT2D eigenvalue weighted by atomic mass is 16.5. The van der Waals surface area contributed by atoms with Crippen LogP contribution in [-0.2, 0) is 44.5 Å². The first-order chi connectivity index (χ1) is 20.8. The van der Waals surface area contributed by atoms with Crippen LogP contribution in [0, 0.1) is 5.92 Å². The van der Waals surface area contributed by atoms with E-state index in [2.05, 4.69) is 16.0 Å². The number of phenols is 1. The second kappa shape index (κ2) is 24.3. The lowest BCUT2D eigenvalue weighted by Crippen LogP contribution is -2.39. The van der Waals surface area contributed by atoms with E-state index in [1.807, 2.05) is 0 Å². The average molecular weight is 612 g/mol. The molecule has 1 rings (SSSR count). The highest BCUT2D eigenvalue weighted by Gasteiger charge is 2.24. The van der Waals surface area contributed by atoms with E-state index in [0.29, 0.717) is 39.1 Å². The van der Waals surface area contributed by atoms with Crippen molar-refractivity contribution in [2.75, 3.05) is 79.5 Å². The number of unbranched alkanes of at least 4 members (excludes halogenated alkanes) is 1. The van der Waals surface area contributed by atoms with Crippen LogP contribution in [0.1, 0.15) is 31.2 Å². The van der Waals surface area contributed by atoms with Gasteiger partial charge in [0.05, 0.1) is 45.7 Å². The van der Waals surface area contributed by atoms with Crippen molar-refractivity contribution < 1.29 is 43.2 Å². The molecule has 0 aromatic heterocycles. The molecule has 0 fully saturated rings. The summed E-state index contributed by atoms with van der Waals surface area (Å²) in [6.45, 7) is 2.52. The van der Waals surface area contributed by atoms with Gasteiger partial charge in [-0.2, -0.15) is 0 Å². The Balaban J connectivity index is 2.17. The standard InChI is InChI=1S/C29H49N5O9/c1-32-27(37)20-42-16-14-40-12-10-33-28(38)21-43-17-15-41-13-11-34-29(39)23(4-2-3-9-30)19-26(36)25(31)18-22-5-7-24(35)8-6-22/h5-8,23,25,35H,2-4,9-21,30-31H2,1H3,(H,32,37)(H,33,38)(H,34,39)/t23-,25+/m1/s1. The second-order valence-electron chi connectivity index (χ2n) is 9.77. The summed E-state index contributed by atoms with van der Waals surface area (Å²) in [7, 11) is 1.53. The highest BCUT2D eigenvalue weighted by Crippen LogP contribution is 2.17. The molecule has 0 unspecified atom stereocenters. The first-order valence-electron chi connectivity index (χ1n) is 14.6. The molecule has 2 atom stereocenters. The Kier molecular flexibility index (Phi) is 21.4. The molecule has 0 heterocycles. The summed E-state index contributed by atoms with van der Waals surface area (Å²) in [5, 5.41) is 17.3. The topological polar surface area (TPSA) is 214 Å². The molecule has 3 amide bonds. The van der Waals surface area contributed by atoms with Gasteiger partial charge in [-0.3, -0.25) is 19.2 Å². The molecule has 14 heteroatoms. The van der Waals surface area contributed by atoms with Crippen molar-refractivity contribution in [2.24, 2.45) is 17.4 Å². The Bertz CT molecular complexity index is 933. The number of benzene rings is 1. The average Bonchev–Trinajstić information content (AvgIpc) is 3.00. The predicted molar refractivity (Wildman–Crippen MR) is 159 cm³/mol. The lowest BCUT2D eigenvalue weighted by atomic mass is 9.91. The Labute approximate surface area is 253 Å². The third-order valence-corrected chi connectivity index (χ3v) is 6.23. The van der Waals surface area contributed by atoms with Gasteiger partial charge in [0.2, 0.25) is 17.7 Å². The number of carbonyl (C=O) groups is 4. The van der Waals surface area contributed by atoms with E-state index in [9.17, 15) is 24.3 Å². The number of ether oxygens (including phenoxy) is 4. The normalized spacial score (nSPS) is 12.3. The Hall–Kier alpha value is -3.14. The molecule has 244 valence electrons. The van der Waals surface area contributed by atoms with Crippen molar-refractivity contribution in [1.29, 1.82) is 0 Å². The number of nitrogens with one attached hydrogen (secondary N) is 3. The van der Waals surface area contributed by atoms with Crippen LogP contribution in [0.25, 0.3) is 0 Å². The van der Waals surface area contributed by atoms with E-state index < -0.39 is 12.0 Å². The molecule has 0 spiro atoms. The number of nitrogens with two attached hydrogens (primary N) is 2. The third-order valence-electron chi connectivity index (χ3n) is 6.23. The van der Waals surface area contributed by atoms with Gasteiger partial charge in [-0.05, 0) is 43.5 Å². The number of amides is 3. The zero-order chi connectivity index (χ0) is 31.7. The van der Waals surface area contributed by atoms with Crippen LogP contribution in [0.3, 0.4) is 0 Å². The largest absolute Gasteiger partial charge is 0.508 e. The van der Waals surface area contributed by atoms with E-state index >= 15 is 0 Å². The van der Waals surface area contributed by atoms with Gasteiger partial charge in [-0.1, -0.05) is 18.6 Å². The van der Waals surface area contributed by atoms with Crippen LogP contribution >= 0.6 is 0 Å². The van der Waals surface area contributed by atoms with Crippen LogP contribution in [0.2, 0.25) is 0 Å². The van der Waals surface area contributed by atoms with Crippen molar-refractivity contribution in [3.8, 4) is 5.75 Å². The van der Waals surface area contributed by atoms with Gasteiger partial charge in [-0.15, -0.1) is 0 Å². The molecule has 0 saturated carbocycles. The number of phenolic OH excluding ortho intramolecular Hbond substituents is 1. The summed E-state index contributed by atoms with van der Waals surface area (Å²) in [5.41, 5.74) is 12.5. The van der Waals surface area contributed by atoms with Crippen molar-refractivity contribution in [3.63, 3.8) is 0 Å². The fraction of sp³-hybridized carbons (Fsp3) is 0.655. The smallest absolute Gasteiger partial charge is 0.246 e. The summed E-state index contributed by atoms with van der Waals surface area (Å²) in [4.78, 5) is 48.3. The number of ketones is 1. The first-order valence-corrected chi connectivity index (χ1v) is 14.6. The van der Waals surface area contributed by atoms with Gasteiger partial charge in [0.25, 0.3) is 0 Å². The number of carbonyl (C=O) groups excluding carboxylic acids is 4. The van der Waals surface area contributed by atoms with E-state index in [1.165, 1.54) is 7.05 Å². The van der Waals surface area contributed by atoms with E-state index in [4.69, 9.17) is 30.4 Å². The lowest BCUT2D eigenvalue weighted by molar-refractivity contribution is -0.130. The van der Waals surface area contributed by atoms with Gasteiger partial charge >= 0.3 is 0 Å². The molecule has 0 bridgehead atoms. The number of likely N-dealkylation sites (N-methyl/N-ethyl adjacent to an activating group) is 1. The number of hydrogen-bond acceptors (Lipinski definition) is 11. The molecular weight excluding hydrogens is 562 g/mol. The van der Waals surface area contributed by atoms with Gasteiger partial charge < -0.3 is 51.5 Å². The molecule has 1 aromatic rings. The minimum Gasteiger partial charge on any atom is -0.508 e. The van der Waals surface area contributed by atoms with Crippen LogP contribution in [0.4, 0.5) is 0 Å². The maximum atomic E-state index is 12.8. The molecule has 1 aromatic carbocycles. The molecular formula is C29H49N5O9. The minimum absolute atomic E-state index is 0.0231. The number of aromatic hydroxyl groups is 1. The monoisotopic (exact) mass is 611 g/mol. The molecule has 0 radical (unpaired) electrons. The fourth-order valence-electron chi connectivity index (χ4n) is 3.80. The summed E-state index contributed by atoms with van der Waals surface area (Å²) < 4.78 is 21.1. The number of rotatable bonds is 26. The summed E-state index contributed by atoms with van der Waals surface area (Å²) in [5.74, 6) is -1.31. The zero-order valence-corrected chi connectivity index (χ0v) is 25.1. The SMILES string of the molecule is CNC(=O)COCCOCCNC(=O)COCCOCCNC(=O)[C@H](CCCCN)CC(=O)[C@@H](N)Cc1ccc(O)cc1. The Morgan fingerprint density at radius 3 is 2.00 bits per heavy atom. The molecule has 0 saturated heterocycles. The van der Waals surface area contributed by atoms with Gasteiger partial charge in [0, 0.05) is 32.5 Å². The van der Waals surface area contributed by atoms with Crippen molar-refractivity contribution in [1.82, 2.24) is 16.0 Å². The van der Waals surface area contributed by atoms with E-state index in [1.54, 1.807) is 24.3 Å². The number of Topliss-reactive ketones (excluding diaryl/α,β-unsaturated/α-hetero) is 1. The van der Waals surface area contributed by atoms with E-state index in [-0.39, 0.29) is 81.9 Å². The lowest BCUT2D eigenvalue weighted by Gasteiger charge is -2.18. The maximum absolute atomic E-state index is 12.8. The maximum Gasteiger partial charge on any atom is 0.246 e. The van der Waals surface area contributed by atoms with Gasteiger partial charge in [0.15, 0.2) is 5.78 Å². The van der Waals surface area contributed by atoms with Crippen LogP contribution in [0.15, 0.2) is 24.3 Å². The Morgan fingerprint density at radius 2 is 1.40 bits per heavy atom. The van der Waals surface area contributed by atoms with Crippen molar-refractivity contribution in [2.45, 2.75) is 38.1 Å². The van der Waals surface area contributed by atoms with Gasteiger partial charge in [0.1, 0.15) is 19.0 Å². The summed E-state index contributed by atoms with van der Waals surface area (Å²) in [6.07, 6.45) is 2.35. The molecule has 0 aliphatic rings. The third kappa shape index (κ3) is 19.6. The van der Waals surface area contributed by atoms with Gasteiger partial charge in [-0.25, -0.2) is 0 Å². The molecule has 0 aliphatic carbocycles. The molecule has 8 N–H and O–H groups in total. The van der Waals surface area contributed by atoms with E-state index in [0.717, 1.165) is 18.4 Å². The van der Waals surface area contributed by atoms with Crippen molar-refractivity contribution >= 4 is 23.5 Å². The Morgan fingerprint density at radius 1 is 0.814 bits per heavy atom. The highest BCUT2D eigenvalue weighted by molar-refractivity contribution is 5.89. The molecule has 43 heavy (non-hydrogen) atoms. The van der Waals surface area contributed by atoms with Crippen LogP contribution < -0.4 is 27.4 Å². The minimum atomic E-state index is -0.750. The molecule has 14 nitrogen and oxygen atoms in total. The summed E-state index contributed by atoms with van der Waals surface area (Å²) in [6, 6.07) is 5.76. The first kappa shape index (κ1) is 37.9. The van der Waals surface area contributed by atoms with Crippen molar-refractivity contribution in [3.05, 3.63) is 29.8 Å². The number of hydrogen-bond donors (Lipinski definition) is 6. The fourth-order valence-corrected chi connectivity index (χ4v) is 3.80. The quantitative estimate of drug-likeness (QED) is 0.0700. The zero-order valence-electron chi connectivity index (χ0n) is 25.1. The van der Waals surface area contributed by atoms with Crippen LogP contribution in [0.5, 0.6) is 5.75 Å². The molecule has 0 aliphatic heterocycles.